The average molecular weight is 403 g/mol. The molecule has 3 aromatic carbocycles. The Kier molecular flexibility index (Phi) is 5.61. The lowest BCUT2D eigenvalue weighted by Gasteiger charge is -2.38. The number of nitrogens with zero attached hydrogens (tertiary/aromatic N) is 1. The van der Waals surface area contributed by atoms with E-state index >= 15 is 0 Å². The summed E-state index contributed by atoms with van der Waals surface area (Å²) in [5.74, 6) is 1.33. The molecule has 3 aromatic rings. The summed E-state index contributed by atoms with van der Waals surface area (Å²) in [4.78, 5) is 15.6. The van der Waals surface area contributed by atoms with E-state index in [4.69, 9.17) is 14.2 Å². The lowest BCUT2D eigenvalue weighted by Crippen LogP contribution is -2.40. The number of carbonyl (C=O) groups is 1. The van der Waals surface area contributed by atoms with Crippen LogP contribution in [0.3, 0.4) is 0 Å². The largest absolute Gasteiger partial charge is 0.493 e. The number of hydrogen-bond acceptors (Lipinski definition) is 4. The van der Waals surface area contributed by atoms with Crippen molar-refractivity contribution in [2.45, 2.75) is 12.5 Å². The van der Waals surface area contributed by atoms with Gasteiger partial charge in [-0.15, -0.1) is 0 Å². The van der Waals surface area contributed by atoms with Crippen LogP contribution in [-0.4, -0.2) is 38.7 Å². The maximum atomic E-state index is 13.7. The van der Waals surface area contributed by atoms with Gasteiger partial charge in [0.2, 0.25) is 5.75 Å². The van der Waals surface area contributed by atoms with Crippen molar-refractivity contribution < 1.29 is 19.0 Å². The maximum Gasteiger partial charge on any atom is 0.254 e. The highest BCUT2D eigenvalue weighted by Crippen LogP contribution is 2.40. The predicted octanol–water partition coefficient (Wildman–Crippen LogP) is 4.50. The van der Waals surface area contributed by atoms with Crippen molar-refractivity contribution in [1.82, 2.24) is 4.90 Å². The van der Waals surface area contributed by atoms with Crippen LogP contribution in [0.5, 0.6) is 17.2 Å². The second kappa shape index (κ2) is 8.49. The van der Waals surface area contributed by atoms with E-state index in [1.165, 1.54) is 5.56 Å². The van der Waals surface area contributed by atoms with E-state index in [0.29, 0.717) is 29.4 Å². The molecule has 4 rings (SSSR count). The van der Waals surface area contributed by atoms with Gasteiger partial charge in [-0.05, 0) is 35.2 Å². The molecule has 0 bridgehead atoms. The number of ether oxygens (including phenoxy) is 3. The standard InChI is InChI=1S/C25H25NO4/c1-28-21-15-19(16-22(29-2)24(21)30-3)25(27)26-14-13-17-9-7-8-12-20(17)23(26)18-10-5-4-6-11-18/h4-12,15-16,23H,13-14H2,1-3H3. The number of amides is 1. The maximum absolute atomic E-state index is 13.7. The normalized spacial score (nSPS) is 15.3. The zero-order valence-electron chi connectivity index (χ0n) is 17.4. The Bertz CT molecular complexity index is 1020. The second-order valence-electron chi connectivity index (χ2n) is 7.17. The van der Waals surface area contributed by atoms with Crippen LogP contribution in [-0.2, 0) is 6.42 Å². The van der Waals surface area contributed by atoms with E-state index in [9.17, 15) is 4.79 Å². The fourth-order valence-electron chi connectivity index (χ4n) is 4.15. The topological polar surface area (TPSA) is 48.0 Å². The van der Waals surface area contributed by atoms with E-state index in [2.05, 4.69) is 30.3 Å². The molecule has 0 saturated heterocycles. The van der Waals surface area contributed by atoms with Gasteiger partial charge < -0.3 is 19.1 Å². The summed E-state index contributed by atoms with van der Waals surface area (Å²) in [7, 11) is 4.65. The highest BCUT2D eigenvalue weighted by Gasteiger charge is 2.33. The van der Waals surface area contributed by atoms with Crippen molar-refractivity contribution in [3.63, 3.8) is 0 Å². The van der Waals surface area contributed by atoms with Gasteiger partial charge in [0.05, 0.1) is 27.4 Å². The summed E-state index contributed by atoms with van der Waals surface area (Å²) in [5.41, 5.74) is 4.03. The highest BCUT2D eigenvalue weighted by molar-refractivity contribution is 5.96. The molecule has 30 heavy (non-hydrogen) atoms. The Morgan fingerprint density at radius 1 is 0.867 bits per heavy atom. The van der Waals surface area contributed by atoms with Crippen LogP contribution in [0.4, 0.5) is 0 Å². The highest BCUT2D eigenvalue weighted by atomic mass is 16.5. The minimum Gasteiger partial charge on any atom is -0.493 e. The van der Waals surface area contributed by atoms with Crippen LogP contribution >= 0.6 is 0 Å². The summed E-state index contributed by atoms with van der Waals surface area (Å²) in [6.45, 7) is 0.631. The van der Waals surface area contributed by atoms with Crippen LogP contribution in [0.25, 0.3) is 0 Å². The summed E-state index contributed by atoms with van der Waals surface area (Å²) >= 11 is 0. The number of benzene rings is 3. The molecule has 0 N–H and O–H groups in total. The molecule has 0 saturated carbocycles. The van der Waals surface area contributed by atoms with Crippen LogP contribution in [0.15, 0.2) is 66.7 Å². The van der Waals surface area contributed by atoms with Crippen molar-refractivity contribution in [3.05, 3.63) is 89.0 Å². The minimum atomic E-state index is -0.150. The quantitative estimate of drug-likeness (QED) is 0.629. The zero-order chi connectivity index (χ0) is 21.1. The first-order valence-corrected chi connectivity index (χ1v) is 9.91. The first-order valence-electron chi connectivity index (χ1n) is 9.91. The van der Waals surface area contributed by atoms with Gasteiger partial charge in [-0.1, -0.05) is 54.6 Å². The van der Waals surface area contributed by atoms with E-state index in [0.717, 1.165) is 17.5 Å². The van der Waals surface area contributed by atoms with Crippen molar-refractivity contribution in [2.24, 2.45) is 0 Å². The summed E-state index contributed by atoms with van der Waals surface area (Å²) in [6.07, 6.45) is 0.815. The van der Waals surface area contributed by atoms with Gasteiger partial charge in [0.25, 0.3) is 5.91 Å². The summed E-state index contributed by atoms with van der Waals surface area (Å²) < 4.78 is 16.3. The van der Waals surface area contributed by atoms with Gasteiger partial charge in [-0.2, -0.15) is 0 Å². The predicted molar refractivity (Wildman–Crippen MR) is 116 cm³/mol. The molecule has 0 radical (unpaired) electrons. The third-order valence-corrected chi connectivity index (χ3v) is 5.57. The first-order chi connectivity index (χ1) is 14.7. The van der Waals surface area contributed by atoms with Crippen LogP contribution in [0.1, 0.15) is 33.1 Å². The lowest BCUT2D eigenvalue weighted by atomic mass is 9.87. The van der Waals surface area contributed by atoms with Gasteiger partial charge in [-0.3, -0.25) is 4.79 Å². The molecular weight excluding hydrogens is 378 g/mol. The Morgan fingerprint density at radius 2 is 1.50 bits per heavy atom. The molecule has 154 valence electrons. The Morgan fingerprint density at radius 3 is 2.13 bits per heavy atom. The van der Waals surface area contributed by atoms with Gasteiger partial charge in [0.1, 0.15) is 0 Å². The van der Waals surface area contributed by atoms with Crippen molar-refractivity contribution in [2.75, 3.05) is 27.9 Å². The molecule has 5 heteroatoms. The molecule has 1 unspecified atom stereocenters. The zero-order valence-corrected chi connectivity index (χ0v) is 17.4. The molecule has 1 heterocycles. The smallest absolute Gasteiger partial charge is 0.254 e. The third kappa shape index (κ3) is 3.47. The molecule has 1 aliphatic heterocycles. The number of rotatable bonds is 5. The van der Waals surface area contributed by atoms with Gasteiger partial charge in [0, 0.05) is 12.1 Å². The van der Waals surface area contributed by atoms with Crippen LogP contribution in [0.2, 0.25) is 0 Å². The molecule has 1 amide bonds. The average Bonchev–Trinajstić information content (AvgIpc) is 2.82. The molecule has 5 nitrogen and oxygen atoms in total. The Hall–Kier alpha value is -3.47. The number of methoxy groups -OCH3 is 3. The minimum absolute atomic E-state index is 0.0717. The first kappa shape index (κ1) is 19.8. The molecule has 1 aliphatic rings. The van der Waals surface area contributed by atoms with Gasteiger partial charge >= 0.3 is 0 Å². The third-order valence-electron chi connectivity index (χ3n) is 5.57. The fourth-order valence-corrected chi connectivity index (χ4v) is 4.15. The number of carbonyl (C=O) groups excluding carboxylic acids is 1. The molecule has 0 aliphatic carbocycles. The molecule has 0 spiro atoms. The Balaban J connectivity index is 1.80. The fraction of sp³-hybridized carbons (Fsp3) is 0.240. The van der Waals surface area contributed by atoms with E-state index in [1.807, 2.05) is 29.2 Å². The summed E-state index contributed by atoms with van der Waals surface area (Å²) in [6, 6.07) is 21.8. The van der Waals surface area contributed by atoms with Crippen molar-refractivity contribution in [1.29, 1.82) is 0 Å². The van der Waals surface area contributed by atoms with Crippen LogP contribution in [0, 0.1) is 0 Å². The summed E-state index contributed by atoms with van der Waals surface area (Å²) in [5, 5.41) is 0. The molecular formula is C25H25NO4. The SMILES string of the molecule is COc1cc(C(=O)N2CCc3ccccc3C2c2ccccc2)cc(OC)c1OC. The van der Waals surface area contributed by atoms with Crippen molar-refractivity contribution in [3.8, 4) is 17.2 Å². The van der Waals surface area contributed by atoms with Gasteiger partial charge in [-0.25, -0.2) is 0 Å². The number of hydrogen-bond donors (Lipinski definition) is 0. The van der Waals surface area contributed by atoms with E-state index < -0.39 is 0 Å². The molecule has 0 fully saturated rings. The van der Waals surface area contributed by atoms with E-state index in [1.54, 1.807) is 33.5 Å². The Labute approximate surface area is 176 Å². The van der Waals surface area contributed by atoms with E-state index in [-0.39, 0.29) is 11.9 Å². The monoisotopic (exact) mass is 403 g/mol. The lowest BCUT2D eigenvalue weighted by molar-refractivity contribution is 0.0693. The molecule has 0 aromatic heterocycles. The second-order valence-corrected chi connectivity index (χ2v) is 7.17. The van der Waals surface area contributed by atoms with Gasteiger partial charge in [0.15, 0.2) is 11.5 Å². The van der Waals surface area contributed by atoms with Crippen molar-refractivity contribution >= 4 is 5.91 Å². The number of fused-ring (bicyclic) bond motifs is 1. The molecule has 1 atom stereocenters. The van der Waals surface area contributed by atoms with Crippen LogP contribution < -0.4 is 14.2 Å².